The maximum atomic E-state index is 3.15. The van der Waals surface area contributed by atoms with E-state index in [9.17, 15) is 0 Å². The Balaban J connectivity index is -0.000000151. The fraction of sp³-hybridized carbons (Fsp3) is 0.538. The van der Waals surface area contributed by atoms with Gasteiger partial charge in [0.15, 0.2) is 0 Å². The molecule has 0 aromatic heterocycles. The molecule has 0 amide bonds. The van der Waals surface area contributed by atoms with Gasteiger partial charge in [0.2, 0.25) is 0 Å². The van der Waals surface area contributed by atoms with Crippen molar-refractivity contribution in [3.63, 3.8) is 0 Å². The third-order valence-electron chi connectivity index (χ3n) is 1.71. The first kappa shape index (κ1) is 34.1. The van der Waals surface area contributed by atoms with E-state index >= 15 is 0 Å². The Labute approximate surface area is 197 Å². The minimum Gasteiger partial charge on any atom is -0.226 e. The van der Waals surface area contributed by atoms with Crippen molar-refractivity contribution in [2.24, 2.45) is 10.8 Å². The fourth-order valence-corrected chi connectivity index (χ4v) is 1.12. The van der Waals surface area contributed by atoms with Crippen LogP contribution in [-0.2, 0) is 32.7 Å². The van der Waals surface area contributed by atoms with Crippen LogP contribution in [-0.4, -0.2) is 0 Å². The molecule has 0 spiro atoms. The Morgan fingerprint density at radius 2 is 0.741 bits per heavy atom. The molecule has 0 aliphatic rings. The number of hydrogen-bond acceptors (Lipinski definition) is 0. The topological polar surface area (TPSA) is 0 Å². The summed E-state index contributed by atoms with van der Waals surface area (Å²) >= 11 is 0. The molecule has 0 unspecified atom stereocenters. The van der Waals surface area contributed by atoms with Crippen molar-refractivity contribution < 1.29 is 32.7 Å². The van der Waals surface area contributed by atoms with Crippen molar-refractivity contribution in [2.45, 2.75) is 83.1 Å². The van der Waals surface area contributed by atoms with Gasteiger partial charge in [-0.2, -0.15) is 48.5 Å². The molecule has 153 valence electrons. The predicted octanol–water partition coefficient (Wildman–Crippen LogP) is 9.11. The molecule has 0 atom stereocenters. The van der Waals surface area contributed by atoms with Crippen LogP contribution in [0, 0.1) is 23.0 Å². The van der Waals surface area contributed by atoms with E-state index in [1.807, 2.05) is 76.2 Å². The molecule has 27 heavy (non-hydrogen) atoms. The van der Waals surface area contributed by atoms with Crippen molar-refractivity contribution in [1.82, 2.24) is 0 Å². The average Bonchev–Trinajstić information content (AvgIpc) is 2.57. The molecule has 0 fully saturated rings. The Morgan fingerprint density at radius 3 is 0.889 bits per heavy atom. The number of benzene rings is 2. The van der Waals surface area contributed by atoms with Gasteiger partial charge in [-0.05, 0) is 10.8 Å². The molecular weight excluding hydrogens is 401 g/mol. The van der Waals surface area contributed by atoms with Crippen LogP contribution in [0.4, 0.5) is 0 Å². The van der Waals surface area contributed by atoms with Gasteiger partial charge in [-0.25, -0.2) is 11.1 Å². The van der Waals surface area contributed by atoms with Gasteiger partial charge in [0.05, 0.1) is 0 Å². The van der Waals surface area contributed by atoms with Gasteiger partial charge in [0, 0.05) is 32.7 Å². The average molecular weight is 446 g/mol. The molecule has 0 bridgehead atoms. The van der Waals surface area contributed by atoms with E-state index < -0.39 is 0 Å². The molecule has 2 rings (SSSR count). The van der Waals surface area contributed by atoms with Crippen LogP contribution in [0.3, 0.4) is 0 Å². The number of hydrogen-bond donors (Lipinski definition) is 0. The van der Waals surface area contributed by atoms with Gasteiger partial charge in [0.25, 0.3) is 0 Å². The normalized spacial score (nSPS) is 9.19. The van der Waals surface area contributed by atoms with Crippen LogP contribution >= 0.6 is 0 Å². The van der Waals surface area contributed by atoms with Crippen molar-refractivity contribution in [2.75, 3.05) is 0 Å². The molecule has 0 aliphatic heterocycles. The second-order valence-corrected chi connectivity index (χ2v) is 8.55. The van der Waals surface area contributed by atoms with Crippen LogP contribution in [0.1, 0.15) is 83.1 Å². The zero-order valence-electron chi connectivity index (χ0n) is 20.2. The molecule has 2 aromatic rings. The Hall–Kier alpha value is -0.456. The van der Waals surface area contributed by atoms with Crippen molar-refractivity contribution >= 4 is 0 Å². The Kier molecular flexibility index (Phi) is 25.6. The first-order chi connectivity index (χ1) is 12.0. The van der Waals surface area contributed by atoms with Gasteiger partial charge in [-0.1, -0.05) is 83.1 Å². The summed E-state index contributed by atoms with van der Waals surface area (Å²) in [7, 11) is 0. The van der Waals surface area contributed by atoms with E-state index in [4.69, 9.17) is 0 Å². The zero-order chi connectivity index (χ0) is 21.2. The van der Waals surface area contributed by atoms with Crippen molar-refractivity contribution in [3.05, 3.63) is 60.7 Å². The van der Waals surface area contributed by atoms with Crippen LogP contribution in [0.25, 0.3) is 11.1 Å². The molecule has 0 N–H and O–H groups in total. The van der Waals surface area contributed by atoms with Crippen LogP contribution in [0.2, 0.25) is 0 Å². The molecular formula is C26H44Y-2. The summed E-state index contributed by atoms with van der Waals surface area (Å²) in [4.78, 5) is 0. The maximum Gasteiger partial charge on any atom is 0 e. The summed E-state index contributed by atoms with van der Waals surface area (Å²) < 4.78 is 0. The second-order valence-electron chi connectivity index (χ2n) is 8.55. The minimum absolute atomic E-state index is 0. The van der Waals surface area contributed by atoms with E-state index in [1.54, 1.807) is 0 Å². The van der Waals surface area contributed by atoms with Crippen LogP contribution < -0.4 is 0 Å². The van der Waals surface area contributed by atoms with E-state index in [-0.39, 0.29) is 32.7 Å². The molecule has 2 aromatic carbocycles. The fourth-order valence-electron chi connectivity index (χ4n) is 1.12. The van der Waals surface area contributed by atoms with E-state index in [2.05, 4.69) is 67.5 Å². The third-order valence-corrected chi connectivity index (χ3v) is 1.71. The Bertz CT molecular complexity index is 426. The molecule has 0 aliphatic carbocycles. The molecule has 0 nitrogen and oxygen atoms in total. The van der Waals surface area contributed by atoms with Crippen LogP contribution in [0.5, 0.6) is 0 Å². The van der Waals surface area contributed by atoms with Gasteiger partial charge in [-0.15, -0.1) is 12.1 Å². The van der Waals surface area contributed by atoms with Gasteiger partial charge >= 0.3 is 0 Å². The smallest absolute Gasteiger partial charge is 0 e. The van der Waals surface area contributed by atoms with Gasteiger partial charge in [0.1, 0.15) is 0 Å². The monoisotopic (exact) mass is 445 g/mol. The van der Waals surface area contributed by atoms with Gasteiger partial charge in [-0.3, -0.25) is 0 Å². The Morgan fingerprint density at radius 1 is 0.519 bits per heavy atom. The summed E-state index contributed by atoms with van der Waals surface area (Å²) in [6, 6.07) is 22.1. The molecule has 1 heteroatoms. The first-order valence-electron chi connectivity index (χ1n) is 9.90. The van der Waals surface area contributed by atoms with Crippen molar-refractivity contribution in [1.29, 1.82) is 0 Å². The predicted molar refractivity (Wildman–Crippen MR) is 123 cm³/mol. The molecule has 0 heterocycles. The summed E-state index contributed by atoms with van der Waals surface area (Å²) in [5, 5.41) is 0. The largest absolute Gasteiger partial charge is 0.226 e. The first-order valence-corrected chi connectivity index (χ1v) is 9.90. The minimum atomic E-state index is 0. The maximum absolute atomic E-state index is 3.15. The molecule has 0 saturated carbocycles. The van der Waals surface area contributed by atoms with Gasteiger partial charge < -0.3 is 0 Å². The summed E-state index contributed by atoms with van der Waals surface area (Å²) in [6.07, 6.45) is 0. The van der Waals surface area contributed by atoms with E-state index in [0.29, 0.717) is 10.8 Å². The van der Waals surface area contributed by atoms with E-state index in [1.165, 1.54) is 0 Å². The summed E-state index contributed by atoms with van der Waals surface area (Å²) in [6.45, 7) is 25.5. The number of rotatable bonds is 1. The third kappa shape index (κ3) is 37.1. The molecule has 0 saturated heterocycles. The summed E-state index contributed by atoms with van der Waals surface area (Å²) in [5.74, 6) is 0. The molecule has 1 radical (unpaired) electrons. The SMILES string of the molecule is CC.CC.CC(C)(C)C.CC(C)(C)C.[Y].[c-]1ccccc1-c1[c-]cccc1. The van der Waals surface area contributed by atoms with Crippen molar-refractivity contribution in [3.8, 4) is 11.1 Å². The quantitative estimate of drug-likeness (QED) is 0.384. The van der Waals surface area contributed by atoms with E-state index in [0.717, 1.165) is 11.1 Å². The standard InChI is InChI=1S/C12H8.2C5H12.2C2H6.Y/c1-3-7-11(8-4-1)12-9-5-2-6-10-12;2*1-5(2,3)4;2*1-2;/h1-7,9H;2*1-4H3;2*1-2H3;/q-2;;;;;. The zero-order valence-corrected chi connectivity index (χ0v) is 23.0. The second kappa shape index (κ2) is 20.3. The van der Waals surface area contributed by atoms with Crippen LogP contribution in [0.15, 0.2) is 48.5 Å². The summed E-state index contributed by atoms with van der Waals surface area (Å²) in [5.41, 5.74) is 3.19.